The van der Waals surface area contributed by atoms with E-state index in [9.17, 15) is 14.0 Å². The van der Waals surface area contributed by atoms with Crippen molar-refractivity contribution >= 4 is 18.0 Å². The minimum atomic E-state index is -0.889. The van der Waals surface area contributed by atoms with Gasteiger partial charge in [0, 0.05) is 0 Å². The molecule has 0 aliphatic rings. The molecule has 2 N–H and O–H groups in total. The third-order valence-electron chi connectivity index (χ3n) is 4.37. The summed E-state index contributed by atoms with van der Waals surface area (Å²) in [5.41, 5.74) is 3.00. The molecule has 2 rings (SSSR count). The van der Waals surface area contributed by atoms with Crippen LogP contribution in [-0.2, 0) is 4.79 Å². The first-order valence-corrected chi connectivity index (χ1v) is 10.5. The molecule has 172 valence electrons. The predicted molar refractivity (Wildman–Crippen MR) is 122 cm³/mol. The lowest BCUT2D eigenvalue weighted by Gasteiger charge is -2.20. The Morgan fingerprint density at radius 2 is 1.81 bits per heavy atom. The van der Waals surface area contributed by atoms with Crippen molar-refractivity contribution in [3.8, 4) is 11.5 Å². The predicted octanol–water partition coefficient (Wildman–Crippen LogP) is 3.92. The van der Waals surface area contributed by atoms with Crippen LogP contribution < -0.4 is 20.2 Å². The molecule has 0 fully saturated rings. The zero-order valence-corrected chi connectivity index (χ0v) is 19.0. The van der Waals surface area contributed by atoms with Gasteiger partial charge in [-0.3, -0.25) is 9.59 Å². The van der Waals surface area contributed by atoms with Crippen LogP contribution in [0.4, 0.5) is 4.39 Å². The summed E-state index contributed by atoms with van der Waals surface area (Å²) in [6, 6.07) is 10.0. The van der Waals surface area contributed by atoms with Crippen molar-refractivity contribution in [2.45, 2.75) is 46.8 Å². The third-order valence-corrected chi connectivity index (χ3v) is 4.37. The lowest BCUT2D eigenvalue weighted by molar-refractivity contribution is -0.123. The van der Waals surface area contributed by atoms with E-state index < -0.39 is 23.7 Å². The van der Waals surface area contributed by atoms with Gasteiger partial charge in [-0.1, -0.05) is 26.0 Å². The minimum Gasteiger partial charge on any atom is -0.490 e. The molecule has 0 radical (unpaired) electrons. The molecule has 1 atom stereocenters. The highest BCUT2D eigenvalue weighted by Crippen LogP contribution is 2.29. The highest BCUT2D eigenvalue weighted by Gasteiger charge is 2.25. The van der Waals surface area contributed by atoms with E-state index in [2.05, 4.69) is 15.8 Å². The van der Waals surface area contributed by atoms with Crippen molar-refractivity contribution in [3.05, 3.63) is 59.4 Å². The Hall–Kier alpha value is -3.42. The van der Waals surface area contributed by atoms with E-state index in [0.29, 0.717) is 23.7 Å². The molecule has 0 aliphatic carbocycles. The highest BCUT2D eigenvalue weighted by atomic mass is 19.1. The molecular weight excluding hydrogens is 413 g/mol. The Morgan fingerprint density at radius 3 is 2.44 bits per heavy atom. The van der Waals surface area contributed by atoms with Crippen LogP contribution >= 0.6 is 0 Å². The van der Waals surface area contributed by atoms with Gasteiger partial charge in [-0.15, -0.1) is 0 Å². The number of nitrogens with one attached hydrogen (secondary N) is 2. The van der Waals surface area contributed by atoms with Crippen molar-refractivity contribution in [2.75, 3.05) is 6.61 Å². The largest absolute Gasteiger partial charge is 0.490 e. The van der Waals surface area contributed by atoms with Crippen molar-refractivity contribution in [3.63, 3.8) is 0 Å². The SMILES string of the molecule is CCOc1cc(C=NNC(=O)C(NC(=O)c2ccccc2F)C(C)C)ccc1OC(C)C. The fourth-order valence-corrected chi connectivity index (χ4v) is 2.86. The standard InChI is InChI=1S/C24H30FN3O4/c1-6-31-21-13-17(11-12-20(21)32-16(4)5)14-26-28-24(30)22(15(2)3)27-23(29)18-9-7-8-10-19(18)25/h7-16,22H,6H2,1-5H3,(H,27,29)(H,28,30). The van der Waals surface area contributed by atoms with E-state index in [1.807, 2.05) is 20.8 Å². The first-order valence-electron chi connectivity index (χ1n) is 10.5. The van der Waals surface area contributed by atoms with Crippen LogP contribution in [0.2, 0.25) is 0 Å². The minimum absolute atomic E-state index is 0.000509. The van der Waals surface area contributed by atoms with Gasteiger partial charge in [0.1, 0.15) is 11.9 Å². The summed E-state index contributed by atoms with van der Waals surface area (Å²) in [5.74, 6) is -0.861. The Balaban J connectivity index is 2.07. The van der Waals surface area contributed by atoms with E-state index in [1.54, 1.807) is 38.1 Å². The van der Waals surface area contributed by atoms with Gasteiger partial charge in [-0.05, 0) is 62.6 Å². The summed E-state index contributed by atoms with van der Waals surface area (Å²) in [5, 5.41) is 6.56. The van der Waals surface area contributed by atoms with Gasteiger partial charge < -0.3 is 14.8 Å². The maximum Gasteiger partial charge on any atom is 0.262 e. The lowest BCUT2D eigenvalue weighted by Crippen LogP contribution is -2.48. The highest BCUT2D eigenvalue weighted by molar-refractivity contribution is 5.98. The van der Waals surface area contributed by atoms with Crippen LogP contribution in [0.15, 0.2) is 47.6 Å². The first kappa shape index (κ1) is 24.8. The van der Waals surface area contributed by atoms with Crippen LogP contribution in [0.1, 0.15) is 50.5 Å². The summed E-state index contributed by atoms with van der Waals surface area (Å²) < 4.78 is 25.2. The number of rotatable bonds is 10. The van der Waals surface area contributed by atoms with Gasteiger partial charge in [0.2, 0.25) is 0 Å². The van der Waals surface area contributed by atoms with E-state index in [0.717, 1.165) is 0 Å². The molecular formula is C24H30FN3O4. The second-order valence-corrected chi connectivity index (χ2v) is 7.72. The topological polar surface area (TPSA) is 89.0 Å². The number of nitrogens with zero attached hydrogens (tertiary/aromatic N) is 1. The van der Waals surface area contributed by atoms with Crippen molar-refractivity contribution in [1.82, 2.24) is 10.7 Å². The van der Waals surface area contributed by atoms with Crippen molar-refractivity contribution < 1.29 is 23.5 Å². The fourth-order valence-electron chi connectivity index (χ4n) is 2.86. The monoisotopic (exact) mass is 443 g/mol. The molecule has 7 nitrogen and oxygen atoms in total. The van der Waals surface area contributed by atoms with Crippen LogP contribution in [-0.4, -0.2) is 36.8 Å². The van der Waals surface area contributed by atoms with Gasteiger partial charge in [-0.2, -0.15) is 5.10 Å². The second-order valence-electron chi connectivity index (χ2n) is 7.72. The number of hydrogen-bond donors (Lipinski definition) is 2. The summed E-state index contributed by atoms with van der Waals surface area (Å²) in [4.78, 5) is 25.0. The molecule has 1 unspecified atom stereocenters. The number of carbonyl (C=O) groups excluding carboxylic acids is 2. The molecule has 0 bridgehead atoms. The van der Waals surface area contributed by atoms with E-state index in [4.69, 9.17) is 9.47 Å². The molecule has 0 saturated carbocycles. The zero-order chi connectivity index (χ0) is 23.7. The summed E-state index contributed by atoms with van der Waals surface area (Å²) in [7, 11) is 0. The Labute approximate surface area is 188 Å². The third kappa shape index (κ3) is 7.08. The summed E-state index contributed by atoms with van der Waals surface area (Å²) in [6.45, 7) is 9.76. The molecule has 2 amide bonds. The fraction of sp³-hybridized carbons (Fsp3) is 0.375. The van der Waals surface area contributed by atoms with Gasteiger partial charge in [0.05, 0.1) is 24.5 Å². The van der Waals surface area contributed by atoms with Gasteiger partial charge in [0.15, 0.2) is 11.5 Å². The maximum absolute atomic E-state index is 13.9. The van der Waals surface area contributed by atoms with E-state index in [-0.39, 0.29) is 17.6 Å². The van der Waals surface area contributed by atoms with Gasteiger partial charge in [-0.25, -0.2) is 9.82 Å². The normalized spacial score (nSPS) is 12.1. The van der Waals surface area contributed by atoms with Crippen molar-refractivity contribution in [1.29, 1.82) is 0 Å². The van der Waals surface area contributed by atoms with Crippen molar-refractivity contribution in [2.24, 2.45) is 11.0 Å². The second kappa shape index (κ2) is 11.8. The number of halogens is 1. The molecule has 2 aromatic carbocycles. The molecule has 2 aromatic rings. The van der Waals surface area contributed by atoms with E-state index in [1.165, 1.54) is 24.4 Å². The number of benzene rings is 2. The quantitative estimate of drug-likeness (QED) is 0.430. The number of ether oxygens (including phenoxy) is 2. The number of hydrazone groups is 1. The molecule has 0 spiro atoms. The zero-order valence-electron chi connectivity index (χ0n) is 19.0. The Kier molecular flexibility index (Phi) is 9.19. The van der Waals surface area contributed by atoms with Gasteiger partial charge in [0.25, 0.3) is 11.8 Å². The summed E-state index contributed by atoms with van der Waals surface area (Å²) in [6.07, 6.45) is 1.47. The summed E-state index contributed by atoms with van der Waals surface area (Å²) >= 11 is 0. The van der Waals surface area contributed by atoms with E-state index >= 15 is 0 Å². The van der Waals surface area contributed by atoms with Crippen LogP contribution in [0.3, 0.4) is 0 Å². The molecule has 0 aliphatic heterocycles. The lowest BCUT2D eigenvalue weighted by atomic mass is 10.0. The average molecular weight is 444 g/mol. The maximum atomic E-state index is 13.9. The average Bonchev–Trinajstić information content (AvgIpc) is 2.73. The first-order chi connectivity index (χ1) is 15.2. The Bertz CT molecular complexity index is 960. The molecule has 0 heterocycles. The molecule has 8 heteroatoms. The molecule has 32 heavy (non-hydrogen) atoms. The number of amides is 2. The van der Waals surface area contributed by atoms with Gasteiger partial charge >= 0.3 is 0 Å². The molecule has 0 aromatic heterocycles. The number of carbonyl (C=O) groups is 2. The van der Waals surface area contributed by atoms with Crippen LogP contribution in [0.25, 0.3) is 0 Å². The smallest absolute Gasteiger partial charge is 0.262 e. The van der Waals surface area contributed by atoms with Crippen LogP contribution in [0, 0.1) is 11.7 Å². The van der Waals surface area contributed by atoms with Crippen LogP contribution in [0.5, 0.6) is 11.5 Å². The molecule has 0 saturated heterocycles. The Morgan fingerprint density at radius 1 is 1.09 bits per heavy atom. The number of hydrogen-bond acceptors (Lipinski definition) is 5.